The minimum atomic E-state index is -0.0569. The van der Waals surface area contributed by atoms with Gasteiger partial charge in [0.2, 0.25) is 17.1 Å². The zero-order chi connectivity index (χ0) is 91.0. The van der Waals surface area contributed by atoms with E-state index in [1.54, 1.807) is 18.6 Å². The maximum absolute atomic E-state index is 4.77. The molecular formula is C110H83Ir3N24-3. The number of pyridine rings is 6. The van der Waals surface area contributed by atoms with Gasteiger partial charge in [0.05, 0.1) is 5.82 Å². The van der Waals surface area contributed by atoms with Gasteiger partial charge in [0.15, 0.2) is 35.5 Å². The van der Waals surface area contributed by atoms with Gasteiger partial charge in [0.1, 0.15) is 37.7 Å². The van der Waals surface area contributed by atoms with Crippen molar-refractivity contribution < 1.29 is 74.0 Å². The van der Waals surface area contributed by atoms with Crippen molar-refractivity contribution in [1.82, 2.24) is 104 Å². The predicted molar refractivity (Wildman–Crippen MR) is 523 cm³/mol. The summed E-state index contributed by atoms with van der Waals surface area (Å²) in [4.78, 5) is 54.2. The van der Waals surface area contributed by atoms with Gasteiger partial charge in [-0.05, 0) is 154 Å². The van der Waals surface area contributed by atoms with Crippen LogP contribution in [0.15, 0.2) is 377 Å². The molecule has 24 nitrogen and oxygen atoms in total. The Labute approximate surface area is 828 Å². The normalized spacial score (nSPS) is 11.0. The Hall–Kier alpha value is -16.1. The number of benzene rings is 10. The molecule has 25 aromatic rings. The zero-order valence-corrected chi connectivity index (χ0v) is 82.2. The van der Waals surface area contributed by atoms with E-state index < -0.39 is 0 Å². The number of rotatable bonds is 10. The fraction of sp³-hybridized carbons (Fsp3) is 0.0727. The Balaban J connectivity index is 0.000000116. The second-order valence-corrected chi connectivity index (χ2v) is 32.5. The second-order valence-electron chi connectivity index (χ2n) is 32.5. The van der Waals surface area contributed by atoms with Crippen LogP contribution in [0.5, 0.6) is 0 Å². The first-order valence-corrected chi connectivity index (χ1v) is 43.5. The molecule has 0 N–H and O–H groups in total. The summed E-state index contributed by atoms with van der Waals surface area (Å²) in [6.45, 7) is 8.08. The quantitative estimate of drug-likeness (QED) is 0.0910. The van der Waals surface area contributed by atoms with E-state index in [0.29, 0.717) is 46.1 Å². The standard InChI is InChI=1S/3C25H15N4.C14H12N4.C12H16N4.C9H10N4.3Ir/c3*1-2-8-17(9-3-1)29-22-13-5-4-10-19(22)24-18(11-6-14-23(24)29)21-16-27-20-12-7-15-26-25(20)28-21;1-18-10-6-5-9-12(18)14-15-13(16-17-14)11-7-3-2-4-8-11;1-12(2,3)11-13-10(14-15-11)9-7-5-6-8-16(9)4;1-7-10-9(12-11-7)8-5-3-4-6-13(8)2;;;/h3*1-10,12-16H;2-10H,1H3;5-8H,1-4H3;3-6H,1-2H3;;;/q3*-1;;;;;;. The maximum atomic E-state index is 4.77. The molecular weight excluding hydrogens is 2230 g/mol. The van der Waals surface area contributed by atoms with Gasteiger partial charge in [0, 0.05) is 219 Å². The predicted octanol–water partition coefficient (Wildman–Crippen LogP) is 19.8. The molecule has 25 rings (SSSR count). The molecule has 15 heterocycles. The molecule has 0 amide bonds. The van der Waals surface area contributed by atoms with Gasteiger partial charge in [0.25, 0.3) is 0 Å². The van der Waals surface area contributed by atoms with Crippen molar-refractivity contribution in [1.29, 1.82) is 0 Å². The van der Waals surface area contributed by atoms with Crippen molar-refractivity contribution in [2.75, 3.05) is 0 Å². The fourth-order valence-corrected chi connectivity index (χ4v) is 16.4. The van der Waals surface area contributed by atoms with E-state index in [9.17, 15) is 0 Å². The molecule has 0 aliphatic heterocycles. The fourth-order valence-electron chi connectivity index (χ4n) is 16.4. The average Bonchev–Trinajstić information content (AvgIpc) is 1.59. The molecule has 10 aromatic carbocycles. The molecule has 0 saturated carbocycles. The summed E-state index contributed by atoms with van der Waals surface area (Å²) in [6.07, 6.45) is 16.6. The molecule has 15 aromatic heterocycles. The maximum Gasteiger partial charge on any atom is 0.205 e. The molecule has 137 heavy (non-hydrogen) atoms. The first kappa shape index (κ1) is 92.7. The summed E-state index contributed by atoms with van der Waals surface area (Å²) >= 11 is 0. The first-order chi connectivity index (χ1) is 65.8. The molecule has 0 aliphatic rings. The molecule has 0 spiro atoms. The van der Waals surface area contributed by atoms with Crippen LogP contribution in [0.4, 0.5) is 0 Å². The Bertz CT molecular complexity index is 7980. The van der Waals surface area contributed by atoms with Gasteiger partial charge in [-0.2, -0.15) is 0 Å². The molecule has 0 saturated heterocycles. The molecule has 3 radical (unpaired) electrons. The van der Waals surface area contributed by atoms with Crippen LogP contribution in [0.25, 0.3) is 196 Å². The van der Waals surface area contributed by atoms with E-state index >= 15 is 0 Å². The van der Waals surface area contributed by atoms with E-state index in [1.165, 1.54) is 16.2 Å². The van der Waals surface area contributed by atoms with Crippen LogP contribution >= 0.6 is 0 Å². The van der Waals surface area contributed by atoms with Gasteiger partial charge in [-0.25, -0.2) is 28.7 Å². The van der Waals surface area contributed by atoms with Crippen LogP contribution < -0.4 is 29.0 Å². The largest absolute Gasteiger partial charge is 0.417 e. The number of hydrogen-bond donors (Lipinski definition) is 0. The number of nitrogens with zero attached hydrogens (tertiary/aromatic N) is 24. The second kappa shape index (κ2) is 41.6. The number of aromatic nitrogens is 24. The molecule has 27 heteroatoms. The minimum Gasteiger partial charge on any atom is -0.417 e. The molecule has 673 valence electrons. The van der Waals surface area contributed by atoms with E-state index in [2.05, 4.69) is 292 Å². The SMILES string of the molecule is C[n+]1ccccc1-c1nc(-c2ccccc2)n[n-]1.C[n+]1ccccc1-c1nc(C(C)(C)C)n[n-]1.Cc1n[n-]c(-c2cccc[n+]2C)n1.[Ir].[Ir].[Ir].[c-]1ccc2c(c1-c1cnc3cccnc3n1)c1ccccc1n2-c1ccccc1.[c-]1ccc2c(c1-c1cnc3cccnc3n1)c1ccccc1n2-c1ccccc1.[c-]1ccc2c(c1-c1cnc3cccnc3n1)c1ccccc1n2-c1ccccc1. The van der Waals surface area contributed by atoms with Crippen LogP contribution in [-0.2, 0) is 86.9 Å². The Kier molecular flexibility index (Phi) is 28.1. The van der Waals surface area contributed by atoms with E-state index in [-0.39, 0.29) is 65.7 Å². The van der Waals surface area contributed by atoms with Crippen molar-refractivity contribution in [3.8, 4) is 96.8 Å². The number of para-hydroxylation sites is 6. The smallest absolute Gasteiger partial charge is 0.205 e. The minimum absolute atomic E-state index is 0. The number of hydrogen-bond acceptors (Lipinski definition) is 15. The van der Waals surface area contributed by atoms with Gasteiger partial charge >= 0.3 is 0 Å². The van der Waals surface area contributed by atoms with Crippen molar-refractivity contribution >= 4 is 98.9 Å². The topological polar surface area (TPSA) is 262 Å². The van der Waals surface area contributed by atoms with Crippen molar-refractivity contribution in [3.05, 3.63) is 407 Å². The van der Waals surface area contributed by atoms with E-state index in [1.807, 2.05) is 237 Å². The van der Waals surface area contributed by atoms with E-state index in [4.69, 9.17) is 15.0 Å². The molecule has 0 fully saturated rings. The zero-order valence-electron chi connectivity index (χ0n) is 75.0. The monoisotopic (exact) mass is 2320 g/mol. The van der Waals surface area contributed by atoms with E-state index in [0.717, 1.165) is 145 Å². The van der Waals surface area contributed by atoms with Crippen LogP contribution in [-0.4, -0.2) is 88.8 Å². The summed E-state index contributed by atoms with van der Waals surface area (Å²) in [5, 5.41) is 31.2. The summed E-state index contributed by atoms with van der Waals surface area (Å²) in [7, 11) is 5.90. The van der Waals surface area contributed by atoms with Gasteiger partial charge in [-0.1, -0.05) is 176 Å². The van der Waals surface area contributed by atoms with Crippen LogP contribution in [0.3, 0.4) is 0 Å². The Morgan fingerprint density at radius 3 is 0.964 bits per heavy atom. The van der Waals surface area contributed by atoms with Gasteiger partial charge in [-0.15, -0.1) is 71.3 Å². The van der Waals surface area contributed by atoms with Crippen molar-refractivity contribution in [2.24, 2.45) is 21.1 Å². The molecule has 0 bridgehead atoms. The van der Waals surface area contributed by atoms with Crippen molar-refractivity contribution in [3.63, 3.8) is 0 Å². The summed E-state index contributed by atoms with van der Waals surface area (Å²) in [6, 6.07) is 118. The van der Waals surface area contributed by atoms with Crippen molar-refractivity contribution in [2.45, 2.75) is 33.1 Å². The van der Waals surface area contributed by atoms with Gasteiger partial charge in [-0.3, -0.25) is 45.2 Å². The van der Waals surface area contributed by atoms with Crippen LogP contribution in [0, 0.1) is 25.1 Å². The van der Waals surface area contributed by atoms with Crippen LogP contribution in [0.1, 0.15) is 32.4 Å². The molecule has 0 atom stereocenters. The number of aryl methyl sites for hydroxylation is 4. The Morgan fingerprint density at radius 2 is 0.620 bits per heavy atom. The summed E-state index contributed by atoms with van der Waals surface area (Å²) < 4.78 is 12.8. The molecule has 0 aliphatic carbocycles. The van der Waals surface area contributed by atoms with Gasteiger partial charge < -0.3 is 43.9 Å². The van der Waals surface area contributed by atoms with Crippen LogP contribution in [0.2, 0.25) is 0 Å². The average molecular weight is 2320 g/mol. The third kappa shape index (κ3) is 19.4. The number of fused-ring (bicyclic) bond motifs is 12. The first-order valence-electron chi connectivity index (χ1n) is 43.5. The summed E-state index contributed by atoms with van der Waals surface area (Å²) in [5.74, 6) is 4.17. The third-order valence-electron chi connectivity index (χ3n) is 22.7. The Morgan fingerprint density at radius 1 is 0.299 bits per heavy atom. The molecule has 0 unspecified atom stereocenters. The summed E-state index contributed by atoms with van der Waals surface area (Å²) in [5.41, 5.74) is 23.5. The third-order valence-corrected chi connectivity index (χ3v) is 22.7.